The second-order valence-electron chi connectivity index (χ2n) is 8.25. The maximum Gasteiger partial charge on any atom is 0.338 e. The van der Waals surface area contributed by atoms with E-state index in [1.54, 1.807) is 32.9 Å². The molecule has 2 heterocycles. The number of esters is 1. The van der Waals surface area contributed by atoms with Crippen molar-refractivity contribution in [3.63, 3.8) is 0 Å². The summed E-state index contributed by atoms with van der Waals surface area (Å²) in [6.45, 7) is 7.85. The van der Waals surface area contributed by atoms with Gasteiger partial charge in [0, 0.05) is 21.3 Å². The number of carbonyl (C=O) groups excluding carboxylic acids is 1. The Morgan fingerprint density at radius 1 is 1.22 bits per heavy atom. The van der Waals surface area contributed by atoms with Crippen LogP contribution in [0.1, 0.15) is 44.9 Å². The SMILES string of the molecule is CCOc1cc(C2C(C(=O)OC(C)C)=C(C)Nc3nnnn32)cc(Br)c1OCc1ccc(Cl)cc1Cl. The molecule has 0 aliphatic carbocycles. The van der Waals surface area contributed by atoms with Crippen LogP contribution in [0.15, 0.2) is 46.1 Å². The number of hydrogen-bond acceptors (Lipinski definition) is 8. The number of aromatic nitrogens is 4. The third-order valence-corrected chi connectivity index (χ3v) is 6.49. The van der Waals surface area contributed by atoms with Crippen LogP contribution in [0, 0.1) is 0 Å². The molecule has 9 nitrogen and oxygen atoms in total. The summed E-state index contributed by atoms with van der Waals surface area (Å²) in [7, 11) is 0. The molecular formula is C24H24BrCl2N5O4. The zero-order chi connectivity index (χ0) is 26.0. The molecule has 1 unspecified atom stereocenters. The van der Waals surface area contributed by atoms with Gasteiger partial charge in [0.1, 0.15) is 12.6 Å². The van der Waals surface area contributed by atoms with Crippen molar-refractivity contribution in [2.24, 2.45) is 0 Å². The van der Waals surface area contributed by atoms with Crippen molar-refractivity contribution in [2.75, 3.05) is 11.9 Å². The van der Waals surface area contributed by atoms with Crippen LogP contribution < -0.4 is 14.8 Å². The molecule has 0 bridgehead atoms. The van der Waals surface area contributed by atoms with E-state index >= 15 is 0 Å². The number of ether oxygens (including phenoxy) is 3. The summed E-state index contributed by atoms with van der Waals surface area (Å²) < 4.78 is 19.7. The van der Waals surface area contributed by atoms with Crippen molar-refractivity contribution in [1.82, 2.24) is 20.2 Å². The van der Waals surface area contributed by atoms with E-state index in [0.29, 0.717) is 55.4 Å². The summed E-state index contributed by atoms with van der Waals surface area (Å²) in [6, 6.07) is 8.22. The summed E-state index contributed by atoms with van der Waals surface area (Å²) in [5.74, 6) is 0.914. The Morgan fingerprint density at radius 3 is 2.69 bits per heavy atom. The van der Waals surface area contributed by atoms with Crippen molar-refractivity contribution >= 4 is 51.0 Å². The first kappa shape index (κ1) is 26.2. The number of tetrazole rings is 1. The molecule has 1 atom stereocenters. The van der Waals surface area contributed by atoms with Gasteiger partial charge >= 0.3 is 5.97 Å². The first-order chi connectivity index (χ1) is 17.2. The van der Waals surface area contributed by atoms with Crippen LogP contribution in [0.3, 0.4) is 0 Å². The molecule has 1 aliphatic heterocycles. The topological polar surface area (TPSA) is 100 Å². The van der Waals surface area contributed by atoms with Crippen LogP contribution >= 0.6 is 39.1 Å². The van der Waals surface area contributed by atoms with Gasteiger partial charge in [-0.05, 0) is 83.9 Å². The number of nitrogens with zero attached hydrogens (tertiary/aromatic N) is 4. The van der Waals surface area contributed by atoms with Crippen molar-refractivity contribution in [2.45, 2.75) is 46.4 Å². The number of nitrogens with one attached hydrogen (secondary N) is 1. The molecule has 0 fully saturated rings. The molecule has 1 aliphatic rings. The fraction of sp³-hybridized carbons (Fsp3) is 0.333. The quantitative estimate of drug-likeness (QED) is 0.318. The second kappa shape index (κ2) is 11.1. The molecule has 0 spiro atoms. The molecule has 0 radical (unpaired) electrons. The lowest BCUT2D eigenvalue weighted by Gasteiger charge is -2.28. The molecule has 0 saturated carbocycles. The van der Waals surface area contributed by atoms with Gasteiger partial charge in [0.2, 0.25) is 5.95 Å². The summed E-state index contributed by atoms with van der Waals surface area (Å²) in [5, 5.41) is 16.0. The van der Waals surface area contributed by atoms with Gasteiger partial charge in [-0.3, -0.25) is 0 Å². The van der Waals surface area contributed by atoms with E-state index in [0.717, 1.165) is 5.56 Å². The number of halogens is 3. The number of allylic oxidation sites excluding steroid dienone is 1. The molecule has 190 valence electrons. The van der Waals surface area contributed by atoms with Crippen LogP contribution in [-0.4, -0.2) is 38.9 Å². The van der Waals surface area contributed by atoms with Crippen LogP contribution in [0.5, 0.6) is 11.5 Å². The van der Waals surface area contributed by atoms with E-state index in [1.165, 1.54) is 4.68 Å². The van der Waals surface area contributed by atoms with E-state index in [-0.39, 0.29) is 12.7 Å². The van der Waals surface area contributed by atoms with Gasteiger partial charge < -0.3 is 19.5 Å². The first-order valence-electron chi connectivity index (χ1n) is 11.2. The lowest BCUT2D eigenvalue weighted by molar-refractivity contribution is -0.143. The number of rotatable bonds is 8. The van der Waals surface area contributed by atoms with Gasteiger partial charge in [-0.15, -0.1) is 0 Å². The normalized spacial score (nSPS) is 14.9. The van der Waals surface area contributed by atoms with Crippen LogP contribution in [-0.2, 0) is 16.1 Å². The lowest BCUT2D eigenvalue weighted by Crippen LogP contribution is -2.30. The van der Waals surface area contributed by atoms with E-state index < -0.39 is 12.0 Å². The smallest absolute Gasteiger partial charge is 0.338 e. The maximum absolute atomic E-state index is 13.1. The third-order valence-electron chi connectivity index (χ3n) is 5.31. The monoisotopic (exact) mass is 595 g/mol. The molecule has 3 aromatic rings. The van der Waals surface area contributed by atoms with Crippen LogP contribution in [0.2, 0.25) is 10.0 Å². The largest absolute Gasteiger partial charge is 0.490 e. The molecule has 12 heteroatoms. The van der Waals surface area contributed by atoms with Crippen LogP contribution in [0.4, 0.5) is 5.95 Å². The molecule has 0 saturated heterocycles. The van der Waals surface area contributed by atoms with Crippen molar-refractivity contribution in [3.8, 4) is 11.5 Å². The highest BCUT2D eigenvalue weighted by atomic mass is 79.9. The van der Waals surface area contributed by atoms with E-state index in [4.69, 9.17) is 37.4 Å². The highest BCUT2D eigenvalue weighted by molar-refractivity contribution is 9.10. The maximum atomic E-state index is 13.1. The highest BCUT2D eigenvalue weighted by Crippen LogP contribution is 2.43. The van der Waals surface area contributed by atoms with Crippen molar-refractivity contribution in [1.29, 1.82) is 0 Å². The Morgan fingerprint density at radius 2 is 2.00 bits per heavy atom. The predicted molar refractivity (Wildman–Crippen MR) is 140 cm³/mol. The number of hydrogen-bond donors (Lipinski definition) is 1. The molecule has 1 aromatic heterocycles. The highest BCUT2D eigenvalue weighted by Gasteiger charge is 2.36. The molecule has 0 amide bonds. The van der Waals surface area contributed by atoms with E-state index in [9.17, 15) is 4.79 Å². The van der Waals surface area contributed by atoms with Gasteiger partial charge in [0.05, 0.1) is 22.8 Å². The number of benzene rings is 2. The zero-order valence-electron chi connectivity index (χ0n) is 20.0. The minimum absolute atomic E-state index is 0.198. The Bertz CT molecular complexity index is 1330. The van der Waals surface area contributed by atoms with Gasteiger partial charge in [-0.2, -0.15) is 4.68 Å². The minimum atomic E-state index is -0.655. The zero-order valence-corrected chi connectivity index (χ0v) is 23.1. The standard InChI is InChI=1S/C24H24BrCl2N5O4/c1-5-34-19-9-15(8-17(25)22(19)35-11-14-6-7-16(26)10-18(14)27)21-20(23(33)36-12(2)3)13(4)28-24-29-30-31-32(21)24/h6-10,12,21H,5,11H2,1-4H3,(H,28,29,31). The fourth-order valence-corrected chi connectivity index (χ4v) is 4.84. The first-order valence-corrected chi connectivity index (χ1v) is 12.7. The number of anilines is 1. The van der Waals surface area contributed by atoms with Crippen molar-refractivity contribution < 1.29 is 19.0 Å². The fourth-order valence-electron chi connectivity index (χ4n) is 3.80. The Kier molecular flexibility index (Phi) is 8.07. The number of carbonyl (C=O) groups is 1. The lowest BCUT2D eigenvalue weighted by atomic mass is 9.95. The Balaban J connectivity index is 1.75. The summed E-state index contributed by atoms with van der Waals surface area (Å²) in [6.07, 6.45) is -0.296. The minimum Gasteiger partial charge on any atom is -0.490 e. The van der Waals surface area contributed by atoms with Crippen molar-refractivity contribution in [3.05, 3.63) is 67.2 Å². The Hall–Kier alpha value is -2.82. The molecule has 36 heavy (non-hydrogen) atoms. The average Bonchev–Trinajstić information content (AvgIpc) is 3.26. The van der Waals surface area contributed by atoms with E-state index in [1.807, 2.05) is 25.1 Å². The molecule has 2 aromatic carbocycles. The number of fused-ring (bicyclic) bond motifs is 1. The van der Waals surface area contributed by atoms with Gasteiger partial charge in [0.15, 0.2) is 11.5 Å². The van der Waals surface area contributed by atoms with E-state index in [2.05, 4.69) is 36.8 Å². The summed E-state index contributed by atoms with van der Waals surface area (Å²) in [5.41, 5.74) is 2.46. The molecule has 1 N–H and O–H groups in total. The van der Waals surface area contributed by atoms with Gasteiger partial charge in [0.25, 0.3) is 0 Å². The third kappa shape index (κ3) is 5.45. The molecule has 4 rings (SSSR count). The molecular weight excluding hydrogens is 573 g/mol. The van der Waals surface area contributed by atoms with Gasteiger partial charge in [-0.25, -0.2) is 4.79 Å². The van der Waals surface area contributed by atoms with Gasteiger partial charge in [-0.1, -0.05) is 34.4 Å². The second-order valence-corrected chi connectivity index (χ2v) is 9.95. The predicted octanol–water partition coefficient (Wildman–Crippen LogP) is 5.96. The average molecular weight is 597 g/mol. The summed E-state index contributed by atoms with van der Waals surface area (Å²) in [4.78, 5) is 13.1. The van der Waals surface area contributed by atoms with Crippen LogP contribution in [0.25, 0.3) is 0 Å². The summed E-state index contributed by atoms with van der Waals surface area (Å²) >= 11 is 15.9. The Labute approximate surface area is 226 Å².